The third-order valence-corrected chi connectivity index (χ3v) is 3.00. The van der Waals surface area contributed by atoms with Gasteiger partial charge in [-0.15, -0.1) is 0 Å². The first-order chi connectivity index (χ1) is 6.02. The van der Waals surface area contributed by atoms with E-state index in [1.54, 1.807) is 12.2 Å². The Hall–Kier alpha value is -0.850. The maximum absolute atomic E-state index is 11.3. The molecule has 0 heterocycles. The fraction of sp³-hybridized carbons (Fsp3) is 0.583. The zero-order valence-corrected chi connectivity index (χ0v) is 8.98. The summed E-state index contributed by atoms with van der Waals surface area (Å²) in [7, 11) is 0. The topological polar surface area (TPSA) is 17.1 Å². The van der Waals surface area contributed by atoms with Crippen molar-refractivity contribution in [1.82, 2.24) is 0 Å². The Balaban J connectivity index is 3.09. The lowest BCUT2D eigenvalue weighted by Crippen LogP contribution is -2.22. The molecule has 0 bridgehead atoms. The first-order valence-electron chi connectivity index (χ1n) is 4.98. The van der Waals surface area contributed by atoms with Gasteiger partial charge in [-0.3, -0.25) is 4.79 Å². The molecule has 0 spiro atoms. The van der Waals surface area contributed by atoms with Crippen LogP contribution in [0.5, 0.6) is 0 Å². The molecule has 13 heavy (non-hydrogen) atoms. The van der Waals surface area contributed by atoms with Gasteiger partial charge in [0.1, 0.15) is 0 Å². The van der Waals surface area contributed by atoms with Gasteiger partial charge in [-0.1, -0.05) is 38.8 Å². The Morgan fingerprint density at radius 2 is 1.46 bits per heavy atom. The monoisotopic (exact) mass is 178 g/mol. The second-order valence-corrected chi connectivity index (χ2v) is 4.07. The predicted octanol–water partition coefficient (Wildman–Crippen LogP) is 3.27. The van der Waals surface area contributed by atoms with Gasteiger partial charge in [0, 0.05) is 5.41 Å². The molecule has 0 amide bonds. The molecular formula is C12H18O. The van der Waals surface area contributed by atoms with Crippen molar-refractivity contribution in [2.45, 2.75) is 40.5 Å². The summed E-state index contributed by atoms with van der Waals surface area (Å²) in [5, 5.41) is 0. The molecule has 0 aromatic carbocycles. The van der Waals surface area contributed by atoms with Crippen LogP contribution in [0.15, 0.2) is 23.3 Å². The number of carbonyl (C=O) groups is 1. The summed E-state index contributed by atoms with van der Waals surface area (Å²) in [5.41, 5.74) is 2.62. The molecule has 0 atom stereocenters. The molecule has 0 aliphatic heterocycles. The van der Waals surface area contributed by atoms with Crippen LogP contribution in [0.1, 0.15) is 40.5 Å². The fourth-order valence-corrected chi connectivity index (χ4v) is 2.04. The van der Waals surface area contributed by atoms with Crippen molar-refractivity contribution in [3.8, 4) is 0 Å². The number of hydrogen-bond acceptors (Lipinski definition) is 1. The SMILES string of the molecule is CCC1=CC(=O)C=C(CC)C1(C)C. The van der Waals surface area contributed by atoms with E-state index in [4.69, 9.17) is 0 Å². The molecule has 0 aromatic rings. The smallest absolute Gasteiger partial charge is 0.178 e. The molecule has 1 rings (SSSR count). The molecule has 1 heteroatoms. The first kappa shape index (κ1) is 10.2. The number of ketones is 1. The maximum atomic E-state index is 11.3. The van der Waals surface area contributed by atoms with Crippen molar-refractivity contribution in [3.05, 3.63) is 23.3 Å². The van der Waals surface area contributed by atoms with E-state index >= 15 is 0 Å². The molecule has 0 saturated heterocycles. The third-order valence-electron chi connectivity index (χ3n) is 3.00. The van der Waals surface area contributed by atoms with Gasteiger partial charge in [0.05, 0.1) is 0 Å². The second kappa shape index (κ2) is 3.49. The number of hydrogen-bond donors (Lipinski definition) is 0. The van der Waals surface area contributed by atoms with Gasteiger partial charge in [0.15, 0.2) is 5.78 Å². The molecule has 0 fully saturated rings. The average molecular weight is 178 g/mol. The Kier molecular flexibility index (Phi) is 2.74. The van der Waals surface area contributed by atoms with Crippen molar-refractivity contribution in [2.24, 2.45) is 5.41 Å². The van der Waals surface area contributed by atoms with E-state index in [0.717, 1.165) is 12.8 Å². The fourth-order valence-electron chi connectivity index (χ4n) is 2.04. The van der Waals surface area contributed by atoms with Gasteiger partial charge < -0.3 is 0 Å². The van der Waals surface area contributed by atoms with Crippen LogP contribution in [0.25, 0.3) is 0 Å². The zero-order chi connectivity index (χ0) is 10.1. The van der Waals surface area contributed by atoms with E-state index in [0.29, 0.717) is 0 Å². The van der Waals surface area contributed by atoms with Crippen LogP contribution in [-0.2, 0) is 4.79 Å². The van der Waals surface area contributed by atoms with E-state index in [9.17, 15) is 4.79 Å². The van der Waals surface area contributed by atoms with E-state index in [-0.39, 0.29) is 11.2 Å². The standard InChI is InChI=1S/C12H18O/c1-5-9-7-11(13)8-10(6-2)12(9,3)4/h7-8H,5-6H2,1-4H3. The summed E-state index contributed by atoms with van der Waals surface area (Å²) in [4.78, 5) is 11.3. The van der Waals surface area contributed by atoms with Crippen molar-refractivity contribution in [2.75, 3.05) is 0 Å². The molecule has 0 N–H and O–H groups in total. The maximum Gasteiger partial charge on any atom is 0.178 e. The summed E-state index contributed by atoms with van der Waals surface area (Å²) in [6, 6.07) is 0. The Morgan fingerprint density at radius 3 is 1.77 bits per heavy atom. The van der Waals surface area contributed by atoms with Crippen LogP contribution in [0, 0.1) is 5.41 Å². The third kappa shape index (κ3) is 1.74. The Morgan fingerprint density at radius 1 is 1.08 bits per heavy atom. The summed E-state index contributed by atoms with van der Waals surface area (Å²) in [6.07, 6.45) is 5.52. The van der Waals surface area contributed by atoms with Crippen LogP contribution in [0.3, 0.4) is 0 Å². The minimum atomic E-state index is 0.0947. The Bertz CT molecular complexity index is 253. The molecule has 1 aliphatic rings. The van der Waals surface area contributed by atoms with Crippen molar-refractivity contribution in [1.29, 1.82) is 0 Å². The van der Waals surface area contributed by atoms with Gasteiger partial charge in [-0.25, -0.2) is 0 Å². The summed E-state index contributed by atoms with van der Waals surface area (Å²) in [5.74, 6) is 0.160. The van der Waals surface area contributed by atoms with Gasteiger partial charge in [0.2, 0.25) is 0 Å². The molecule has 72 valence electrons. The second-order valence-electron chi connectivity index (χ2n) is 4.07. The van der Waals surface area contributed by atoms with E-state index < -0.39 is 0 Å². The normalized spacial score (nSPS) is 21.1. The predicted molar refractivity (Wildman–Crippen MR) is 55.5 cm³/mol. The lowest BCUT2D eigenvalue weighted by Gasteiger charge is -2.32. The molecule has 1 aliphatic carbocycles. The van der Waals surface area contributed by atoms with Gasteiger partial charge in [-0.05, 0) is 25.0 Å². The summed E-state index contributed by atoms with van der Waals surface area (Å²) in [6.45, 7) is 8.62. The van der Waals surface area contributed by atoms with E-state index in [2.05, 4.69) is 27.7 Å². The molecule has 0 unspecified atom stereocenters. The lowest BCUT2D eigenvalue weighted by atomic mass is 9.72. The van der Waals surface area contributed by atoms with Gasteiger partial charge in [-0.2, -0.15) is 0 Å². The van der Waals surface area contributed by atoms with Crippen LogP contribution < -0.4 is 0 Å². The molecule has 0 radical (unpaired) electrons. The van der Waals surface area contributed by atoms with Crippen molar-refractivity contribution in [3.63, 3.8) is 0 Å². The van der Waals surface area contributed by atoms with Gasteiger partial charge in [0.25, 0.3) is 0 Å². The minimum Gasteiger partial charge on any atom is -0.290 e. The van der Waals surface area contributed by atoms with Crippen molar-refractivity contribution >= 4 is 5.78 Å². The minimum absolute atomic E-state index is 0.0947. The largest absolute Gasteiger partial charge is 0.290 e. The van der Waals surface area contributed by atoms with Crippen molar-refractivity contribution < 1.29 is 4.79 Å². The van der Waals surface area contributed by atoms with E-state index in [1.165, 1.54) is 11.1 Å². The van der Waals surface area contributed by atoms with Crippen LogP contribution in [0.4, 0.5) is 0 Å². The number of allylic oxidation sites excluding steroid dienone is 4. The highest BCUT2D eigenvalue weighted by Crippen LogP contribution is 2.40. The highest BCUT2D eigenvalue weighted by Gasteiger charge is 2.29. The quantitative estimate of drug-likeness (QED) is 0.634. The molecule has 1 nitrogen and oxygen atoms in total. The number of carbonyl (C=O) groups excluding carboxylic acids is 1. The average Bonchev–Trinajstić information content (AvgIpc) is 2.08. The summed E-state index contributed by atoms with van der Waals surface area (Å²) >= 11 is 0. The first-order valence-corrected chi connectivity index (χ1v) is 4.98. The highest BCUT2D eigenvalue weighted by molar-refractivity contribution is 6.01. The van der Waals surface area contributed by atoms with Crippen LogP contribution >= 0.6 is 0 Å². The lowest BCUT2D eigenvalue weighted by molar-refractivity contribution is -0.110. The van der Waals surface area contributed by atoms with Crippen LogP contribution in [-0.4, -0.2) is 5.78 Å². The zero-order valence-electron chi connectivity index (χ0n) is 8.98. The van der Waals surface area contributed by atoms with Crippen LogP contribution in [0.2, 0.25) is 0 Å². The molecule has 0 saturated carbocycles. The van der Waals surface area contributed by atoms with E-state index in [1.807, 2.05) is 0 Å². The molecular weight excluding hydrogens is 160 g/mol. The Labute approximate surface area is 80.5 Å². The molecule has 0 aromatic heterocycles. The summed E-state index contributed by atoms with van der Waals surface area (Å²) < 4.78 is 0. The highest BCUT2D eigenvalue weighted by atomic mass is 16.1. The van der Waals surface area contributed by atoms with Gasteiger partial charge >= 0.3 is 0 Å². The number of rotatable bonds is 2.